The van der Waals surface area contributed by atoms with Crippen molar-refractivity contribution < 1.29 is 25.9 Å². The van der Waals surface area contributed by atoms with Crippen molar-refractivity contribution in [1.29, 1.82) is 0 Å². The van der Waals surface area contributed by atoms with Crippen LogP contribution in [0.5, 0.6) is 0 Å². The maximum absolute atomic E-state index is 12.5. The lowest BCUT2D eigenvalue weighted by Gasteiger charge is -2.12. The Kier molecular flexibility index (Phi) is 4.61. The van der Waals surface area contributed by atoms with E-state index in [1.807, 2.05) is 24.3 Å². The summed E-state index contributed by atoms with van der Waals surface area (Å²) in [6, 6.07) is 21.1. The Balaban J connectivity index is 1.64. The number of nitrogens with one attached hydrogen (secondary N) is 2. The molecule has 0 aliphatic carbocycles. The second kappa shape index (κ2) is 7.40. The summed E-state index contributed by atoms with van der Waals surface area (Å²) in [6.45, 7) is 0. The molecule has 6 aromatic rings. The number of hydrogen-bond donors (Lipinski definition) is 4. The van der Waals surface area contributed by atoms with E-state index in [1.165, 1.54) is 0 Å². The first-order valence-electron chi connectivity index (χ1n) is 10.6. The Labute approximate surface area is 199 Å². The summed E-state index contributed by atoms with van der Waals surface area (Å²) in [5.74, 6) is 0. The first kappa shape index (κ1) is 21.8. The molecule has 6 rings (SSSR count). The zero-order valence-corrected chi connectivity index (χ0v) is 19.6. The summed E-state index contributed by atoms with van der Waals surface area (Å²) >= 11 is 0. The molecule has 0 amide bonds. The predicted molar refractivity (Wildman–Crippen MR) is 134 cm³/mol. The van der Waals surface area contributed by atoms with Crippen molar-refractivity contribution in [2.24, 2.45) is 0 Å². The SMILES string of the molecule is O=S(=O)(O)c1c(Cc2ccc3c([nH]c4ccccc43)c2S(=O)(=O)O)ccc2c1[nH]c1ccccc12. The van der Waals surface area contributed by atoms with Gasteiger partial charge in [-0.3, -0.25) is 9.11 Å². The molecule has 0 atom stereocenters. The van der Waals surface area contributed by atoms with Gasteiger partial charge in [0.1, 0.15) is 9.79 Å². The lowest BCUT2D eigenvalue weighted by atomic mass is 10.0. The van der Waals surface area contributed by atoms with Crippen molar-refractivity contribution in [1.82, 2.24) is 9.97 Å². The van der Waals surface area contributed by atoms with Crippen LogP contribution in [0.25, 0.3) is 43.6 Å². The lowest BCUT2D eigenvalue weighted by molar-refractivity contribution is 0.482. The van der Waals surface area contributed by atoms with Gasteiger partial charge < -0.3 is 9.97 Å². The van der Waals surface area contributed by atoms with Gasteiger partial charge in [-0.15, -0.1) is 0 Å². The topological polar surface area (TPSA) is 140 Å². The summed E-state index contributed by atoms with van der Waals surface area (Å²) in [4.78, 5) is 5.46. The Morgan fingerprint density at radius 2 is 0.943 bits per heavy atom. The molecule has 0 spiro atoms. The highest BCUT2D eigenvalue weighted by atomic mass is 32.2. The maximum atomic E-state index is 12.5. The second-order valence-corrected chi connectivity index (χ2v) is 11.1. The summed E-state index contributed by atoms with van der Waals surface area (Å²) in [5, 5.41) is 2.80. The molecule has 0 fully saturated rings. The third kappa shape index (κ3) is 3.41. The second-order valence-electron chi connectivity index (χ2n) is 8.42. The van der Waals surface area contributed by atoms with Crippen LogP contribution in [-0.4, -0.2) is 35.9 Å². The molecule has 2 heterocycles. The van der Waals surface area contributed by atoms with Gasteiger partial charge in [0.05, 0.1) is 11.0 Å². The Morgan fingerprint density at radius 3 is 1.34 bits per heavy atom. The first-order chi connectivity index (χ1) is 16.6. The van der Waals surface area contributed by atoms with Crippen LogP contribution in [-0.2, 0) is 26.7 Å². The number of hydrogen-bond acceptors (Lipinski definition) is 4. The summed E-state index contributed by atoms with van der Waals surface area (Å²) in [5.41, 5.74) is 2.22. The number of rotatable bonds is 4. The molecule has 0 unspecified atom stereocenters. The number of H-pyrrole nitrogens is 2. The largest absolute Gasteiger partial charge is 0.353 e. The third-order valence-corrected chi connectivity index (χ3v) is 8.29. The van der Waals surface area contributed by atoms with Crippen LogP contribution in [0.4, 0.5) is 0 Å². The van der Waals surface area contributed by atoms with E-state index in [9.17, 15) is 25.9 Å². The molecule has 35 heavy (non-hydrogen) atoms. The van der Waals surface area contributed by atoms with Gasteiger partial charge in [-0.2, -0.15) is 16.8 Å². The van der Waals surface area contributed by atoms with E-state index in [4.69, 9.17) is 0 Å². The number of benzene rings is 4. The highest BCUT2D eigenvalue weighted by molar-refractivity contribution is 7.86. The van der Waals surface area contributed by atoms with Crippen molar-refractivity contribution >= 4 is 63.8 Å². The minimum atomic E-state index is -4.69. The van der Waals surface area contributed by atoms with E-state index >= 15 is 0 Å². The van der Waals surface area contributed by atoms with Crippen LogP contribution < -0.4 is 0 Å². The van der Waals surface area contributed by atoms with Gasteiger partial charge in [0, 0.05) is 39.0 Å². The van der Waals surface area contributed by atoms with Gasteiger partial charge in [-0.25, -0.2) is 0 Å². The fraction of sp³-hybridized carbons (Fsp3) is 0.0400. The molecular formula is C25H18N2O6S2. The Bertz CT molecular complexity index is 1890. The lowest BCUT2D eigenvalue weighted by Crippen LogP contribution is -2.08. The smallest absolute Gasteiger partial charge is 0.296 e. The summed E-state index contributed by atoms with van der Waals surface area (Å²) in [7, 11) is -9.38. The monoisotopic (exact) mass is 506 g/mol. The molecule has 0 aliphatic heterocycles. The molecule has 4 aromatic carbocycles. The highest BCUT2D eigenvalue weighted by Crippen LogP contribution is 2.36. The number of fused-ring (bicyclic) bond motifs is 6. The van der Waals surface area contributed by atoms with Gasteiger partial charge in [-0.1, -0.05) is 60.7 Å². The van der Waals surface area contributed by atoms with E-state index in [2.05, 4.69) is 9.97 Å². The fourth-order valence-electron chi connectivity index (χ4n) is 4.94. The van der Waals surface area contributed by atoms with E-state index in [0.29, 0.717) is 21.8 Å². The Morgan fingerprint density at radius 1 is 0.543 bits per heavy atom. The van der Waals surface area contributed by atoms with Gasteiger partial charge in [0.15, 0.2) is 0 Å². The van der Waals surface area contributed by atoms with Gasteiger partial charge in [0.25, 0.3) is 20.2 Å². The van der Waals surface area contributed by atoms with Crippen LogP contribution >= 0.6 is 0 Å². The zero-order valence-electron chi connectivity index (χ0n) is 18.0. The molecule has 0 radical (unpaired) electrons. The average molecular weight is 507 g/mol. The van der Waals surface area contributed by atoms with Crippen LogP contribution in [0, 0.1) is 0 Å². The minimum absolute atomic E-state index is 0.166. The van der Waals surface area contributed by atoms with Gasteiger partial charge >= 0.3 is 0 Å². The molecule has 176 valence electrons. The van der Waals surface area contributed by atoms with Crippen molar-refractivity contribution in [2.75, 3.05) is 0 Å². The zero-order chi connectivity index (χ0) is 24.5. The number of para-hydroxylation sites is 2. The van der Waals surface area contributed by atoms with Crippen molar-refractivity contribution in [3.63, 3.8) is 0 Å². The van der Waals surface area contributed by atoms with Crippen LogP contribution in [0.1, 0.15) is 11.1 Å². The molecule has 2 aromatic heterocycles. The molecule has 0 saturated carbocycles. The van der Waals surface area contributed by atoms with E-state index in [-0.39, 0.29) is 38.4 Å². The fourth-order valence-corrected chi connectivity index (χ4v) is 6.73. The van der Waals surface area contributed by atoms with Gasteiger partial charge in [-0.05, 0) is 23.3 Å². The van der Waals surface area contributed by atoms with Crippen molar-refractivity contribution in [3.8, 4) is 0 Å². The predicted octanol–water partition coefficient (Wildman–Crippen LogP) is 5.04. The highest BCUT2D eigenvalue weighted by Gasteiger charge is 2.26. The van der Waals surface area contributed by atoms with Crippen LogP contribution in [0.3, 0.4) is 0 Å². The molecule has 4 N–H and O–H groups in total. The number of aromatic amines is 2. The normalized spacial score (nSPS) is 12.9. The minimum Gasteiger partial charge on any atom is -0.353 e. The maximum Gasteiger partial charge on any atom is 0.296 e. The first-order valence-corrected chi connectivity index (χ1v) is 13.5. The van der Waals surface area contributed by atoms with Crippen LogP contribution in [0.2, 0.25) is 0 Å². The molecule has 0 saturated heterocycles. The molecule has 0 bridgehead atoms. The third-order valence-electron chi connectivity index (χ3n) is 6.33. The summed E-state index contributed by atoms with van der Waals surface area (Å²) in [6.07, 6.45) is -0.166. The quantitative estimate of drug-likeness (QED) is 0.247. The van der Waals surface area contributed by atoms with Crippen molar-refractivity contribution in [3.05, 3.63) is 83.9 Å². The molecule has 0 aliphatic rings. The standard InChI is InChI=1S/C25H18N2O6S2/c28-34(29,30)24-14(9-11-18-16-5-1-3-7-20(16)26-22(18)24)13-15-10-12-19-17-6-2-4-8-21(17)27-23(19)25(15)35(31,32)33/h1-12,26-27H,13H2,(H,28,29,30)(H,31,32,33). The van der Waals surface area contributed by atoms with Gasteiger partial charge in [0.2, 0.25) is 0 Å². The molecular weight excluding hydrogens is 488 g/mol. The summed E-state index contributed by atoms with van der Waals surface area (Å²) < 4.78 is 70.3. The average Bonchev–Trinajstić information content (AvgIpc) is 3.35. The van der Waals surface area contributed by atoms with Crippen LogP contribution in [0.15, 0.2) is 82.6 Å². The number of aromatic nitrogens is 2. The van der Waals surface area contributed by atoms with E-state index < -0.39 is 20.2 Å². The van der Waals surface area contributed by atoms with E-state index in [1.54, 1.807) is 48.5 Å². The molecule has 8 nitrogen and oxygen atoms in total. The molecule has 10 heteroatoms. The Hall–Kier alpha value is -3.70. The van der Waals surface area contributed by atoms with Crippen molar-refractivity contribution in [2.45, 2.75) is 16.2 Å². The van der Waals surface area contributed by atoms with E-state index in [0.717, 1.165) is 10.8 Å².